The molecule has 2 aliphatic rings. The summed E-state index contributed by atoms with van der Waals surface area (Å²) in [4.78, 5) is 25.2. The van der Waals surface area contributed by atoms with Crippen LogP contribution in [0.1, 0.15) is 16.8 Å². The number of ether oxygens (including phenoxy) is 3. The van der Waals surface area contributed by atoms with Crippen molar-refractivity contribution in [2.75, 3.05) is 33.0 Å². The van der Waals surface area contributed by atoms with Crippen molar-refractivity contribution in [2.24, 2.45) is 0 Å². The lowest BCUT2D eigenvalue weighted by atomic mass is 10.1. The summed E-state index contributed by atoms with van der Waals surface area (Å²) in [6, 6.07) is 4.56. The molecule has 22 heavy (non-hydrogen) atoms. The quantitative estimate of drug-likeness (QED) is 0.888. The number of benzene rings is 1. The standard InChI is InChI=1S/C15H17NO6/c17-14(18)8-11-9-20-4-3-16(11)15(19)10-1-2-12-13(7-10)22-6-5-21-12/h1-2,7,11H,3-6,8-9H2,(H,17,18). The van der Waals surface area contributed by atoms with Gasteiger partial charge in [-0.15, -0.1) is 0 Å². The van der Waals surface area contributed by atoms with E-state index in [4.69, 9.17) is 19.3 Å². The van der Waals surface area contributed by atoms with E-state index in [-0.39, 0.29) is 18.9 Å². The van der Waals surface area contributed by atoms with E-state index in [2.05, 4.69) is 0 Å². The van der Waals surface area contributed by atoms with E-state index in [1.165, 1.54) is 0 Å². The van der Waals surface area contributed by atoms with E-state index in [1.54, 1.807) is 23.1 Å². The fourth-order valence-corrected chi connectivity index (χ4v) is 2.64. The van der Waals surface area contributed by atoms with Crippen LogP contribution in [0.25, 0.3) is 0 Å². The predicted octanol–water partition coefficient (Wildman–Crippen LogP) is 0.773. The van der Waals surface area contributed by atoms with E-state index in [0.717, 1.165) is 0 Å². The van der Waals surface area contributed by atoms with Crippen LogP contribution >= 0.6 is 0 Å². The summed E-state index contributed by atoms with van der Waals surface area (Å²) >= 11 is 0. The molecule has 0 bridgehead atoms. The number of carbonyl (C=O) groups excluding carboxylic acids is 1. The Hall–Kier alpha value is -2.28. The normalized spacial score (nSPS) is 20.5. The van der Waals surface area contributed by atoms with Gasteiger partial charge in [0.2, 0.25) is 0 Å². The predicted molar refractivity (Wildman–Crippen MR) is 75.3 cm³/mol. The van der Waals surface area contributed by atoms with Crippen LogP contribution in [0.2, 0.25) is 0 Å². The highest BCUT2D eigenvalue weighted by atomic mass is 16.6. The lowest BCUT2D eigenvalue weighted by molar-refractivity contribution is -0.139. The monoisotopic (exact) mass is 307 g/mol. The van der Waals surface area contributed by atoms with Crippen molar-refractivity contribution < 1.29 is 28.9 Å². The number of carboxylic acids is 1. The van der Waals surface area contributed by atoms with Crippen LogP contribution in [0.15, 0.2) is 18.2 Å². The van der Waals surface area contributed by atoms with Crippen LogP contribution in [-0.2, 0) is 9.53 Å². The van der Waals surface area contributed by atoms with Crippen LogP contribution in [0.3, 0.4) is 0 Å². The SMILES string of the molecule is O=C(O)CC1COCCN1C(=O)c1ccc2c(c1)OCCO2. The van der Waals surface area contributed by atoms with Gasteiger partial charge in [0.1, 0.15) is 13.2 Å². The highest BCUT2D eigenvalue weighted by Gasteiger charge is 2.30. The first-order valence-electron chi connectivity index (χ1n) is 7.15. The second-order valence-electron chi connectivity index (χ2n) is 5.18. The van der Waals surface area contributed by atoms with Gasteiger partial charge in [-0.1, -0.05) is 0 Å². The number of carboxylic acid groups (broad SMARTS) is 1. The van der Waals surface area contributed by atoms with Crippen molar-refractivity contribution in [1.82, 2.24) is 4.90 Å². The third-order valence-electron chi connectivity index (χ3n) is 3.69. The molecule has 3 rings (SSSR count). The molecule has 0 spiro atoms. The van der Waals surface area contributed by atoms with Crippen LogP contribution < -0.4 is 9.47 Å². The van der Waals surface area contributed by atoms with E-state index in [0.29, 0.717) is 43.4 Å². The lowest BCUT2D eigenvalue weighted by Gasteiger charge is -2.35. The minimum atomic E-state index is -0.949. The molecule has 0 aliphatic carbocycles. The Bertz CT molecular complexity index is 587. The first-order chi connectivity index (χ1) is 10.6. The van der Waals surface area contributed by atoms with Crippen LogP contribution in [0, 0.1) is 0 Å². The smallest absolute Gasteiger partial charge is 0.305 e. The molecule has 0 saturated carbocycles. The summed E-state index contributed by atoms with van der Waals surface area (Å²) in [5.41, 5.74) is 0.460. The van der Waals surface area contributed by atoms with E-state index < -0.39 is 12.0 Å². The maximum Gasteiger partial charge on any atom is 0.305 e. The zero-order valence-corrected chi connectivity index (χ0v) is 12.0. The maximum atomic E-state index is 12.7. The molecule has 2 aliphatic heterocycles. The minimum absolute atomic E-state index is 0.129. The summed E-state index contributed by atoms with van der Waals surface area (Å²) in [5.74, 6) is -0.00555. The Kier molecular flexibility index (Phi) is 4.15. The zero-order chi connectivity index (χ0) is 15.5. The van der Waals surface area contributed by atoms with E-state index in [1.807, 2.05) is 0 Å². The van der Waals surface area contributed by atoms with Crippen molar-refractivity contribution >= 4 is 11.9 Å². The number of hydrogen-bond acceptors (Lipinski definition) is 5. The van der Waals surface area contributed by atoms with Crippen molar-refractivity contribution in [2.45, 2.75) is 12.5 Å². The van der Waals surface area contributed by atoms with Gasteiger partial charge in [0, 0.05) is 12.1 Å². The molecule has 1 aromatic carbocycles. The first kappa shape index (κ1) is 14.6. The van der Waals surface area contributed by atoms with Gasteiger partial charge in [0.05, 0.1) is 25.7 Å². The second kappa shape index (κ2) is 6.23. The summed E-state index contributed by atoms with van der Waals surface area (Å²) < 4.78 is 16.2. The minimum Gasteiger partial charge on any atom is -0.486 e. The molecule has 2 heterocycles. The average Bonchev–Trinajstić information content (AvgIpc) is 2.54. The topological polar surface area (TPSA) is 85.3 Å². The summed E-state index contributed by atoms with van der Waals surface area (Å²) in [7, 11) is 0. The molecule has 7 heteroatoms. The molecule has 0 radical (unpaired) electrons. The van der Waals surface area contributed by atoms with E-state index in [9.17, 15) is 9.59 Å². The average molecular weight is 307 g/mol. The van der Waals surface area contributed by atoms with Gasteiger partial charge in [-0.25, -0.2) is 0 Å². The molecule has 7 nitrogen and oxygen atoms in total. The molecule has 1 atom stereocenters. The van der Waals surface area contributed by atoms with Gasteiger partial charge in [0.25, 0.3) is 5.91 Å². The molecule has 1 N–H and O–H groups in total. The fraction of sp³-hybridized carbons (Fsp3) is 0.467. The second-order valence-corrected chi connectivity index (χ2v) is 5.18. The van der Waals surface area contributed by atoms with Crippen molar-refractivity contribution in [3.63, 3.8) is 0 Å². The van der Waals surface area contributed by atoms with Gasteiger partial charge < -0.3 is 24.2 Å². The highest BCUT2D eigenvalue weighted by molar-refractivity contribution is 5.95. The fourth-order valence-electron chi connectivity index (χ4n) is 2.64. The van der Waals surface area contributed by atoms with Crippen LogP contribution in [0.4, 0.5) is 0 Å². The molecule has 0 aromatic heterocycles. The molecule has 1 aromatic rings. The third kappa shape index (κ3) is 2.99. The summed E-state index contributed by atoms with van der Waals surface area (Å²) in [6.45, 7) is 1.97. The number of amides is 1. The molecule has 1 unspecified atom stereocenters. The Morgan fingerprint density at radius 3 is 2.73 bits per heavy atom. The van der Waals surface area contributed by atoms with E-state index >= 15 is 0 Å². The molecule has 1 saturated heterocycles. The largest absolute Gasteiger partial charge is 0.486 e. The van der Waals surface area contributed by atoms with Crippen LogP contribution in [0.5, 0.6) is 11.5 Å². The number of morpholine rings is 1. The summed E-state index contributed by atoms with van der Waals surface area (Å²) in [5, 5.41) is 8.96. The maximum absolute atomic E-state index is 12.7. The number of aliphatic carboxylic acids is 1. The Morgan fingerprint density at radius 2 is 1.95 bits per heavy atom. The number of hydrogen-bond donors (Lipinski definition) is 1. The summed E-state index contributed by atoms with van der Waals surface area (Å²) in [6.07, 6.45) is -0.129. The highest BCUT2D eigenvalue weighted by Crippen LogP contribution is 2.31. The number of fused-ring (bicyclic) bond motifs is 1. The molecule has 118 valence electrons. The van der Waals surface area contributed by atoms with Gasteiger partial charge in [-0.2, -0.15) is 0 Å². The number of nitrogens with zero attached hydrogens (tertiary/aromatic N) is 1. The van der Waals surface area contributed by atoms with Gasteiger partial charge in [0.15, 0.2) is 11.5 Å². The van der Waals surface area contributed by atoms with Crippen LogP contribution in [-0.4, -0.2) is 60.9 Å². The number of rotatable bonds is 3. The Labute approximate surface area is 127 Å². The first-order valence-corrected chi connectivity index (χ1v) is 7.15. The van der Waals surface area contributed by atoms with Gasteiger partial charge >= 0.3 is 5.97 Å². The van der Waals surface area contributed by atoms with Crippen molar-refractivity contribution in [3.05, 3.63) is 23.8 Å². The zero-order valence-electron chi connectivity index (χ0n) is 12.0. The van der Waals surface area contributed by atoms with Gasteiger partial charge in [-0.3, -0.25) is 9.59 Å². The molecule has 1 amide bonds. The van der Waals surface area contributed by atoms with Gasteiger partial charge in [-0.05, 0) is 18.2 Å². The Balaban J connectivity index is 1.80. The lowest BCUT2D eigenvalue weighted by Crippen LogP contribution is -2.49. The Morgan fingerprint density at radius 1 is 1.18 bits per heavy atom. The molecule has 1 fully saturated rings. The van der Waals surface area contributed by atoms with Crippen molar-refractivity contribution in [3.8, 4) is 11.5 Å². The number of carbonyl (C=O) groups is 2. The third-order valence-corrected chi connectivity index (χ3v) is 3.69. The molecular weight excluding hydrogens is 290 g/mol. The van der Waals surface area contributed by atoms with Crippen molar-refractivity contribution in [1.29, 1.82) is 0 Å². The molecular formula is C15H17NO6.